The maximum absolute atomic E-state index is 12.7. The van der Waals surface area contributed by atoms with E-state index in [4.69, 9.17) is 9.26 Å². The van der Waals surface area contributed by atoms with Crippen LogP contribution >= 0.6 is 0 Å². The third-order valence-corrected chi connectivity index (χ3v) is 4.21. The van der Waals surface area contributed by atoms with Gasteiger partial charge in [-0.1, -0.05) is 19.0 Å². The van der Waals surface area contributed by atoms with Crippen molar-refractivity contribution in [1.82, 2.24) is 20.0 Å². The van der Waals surface area contributed by atoms with Crippen molar-refractivity contribution in [2.24, 2.45) is 0 Å². The van der Waals surface area contributed by atoms with E-state index in [2.05, 4.69) is 15.1 Å². The fourth-order valence-corrected chi connectivity index (χ4v) is 2.84. The van der Waals surface area contributed by atoms with Crippen LogP contribution in [-0.2, 0) is 0 Å². The van der Waals surface area contributed by atoms with E-state index in [9.17, 15) is 4.79 Å². The van der Waals surface area contributed by atoms with E-state index in [-0.39, 0.29) is 17.7 Å². The normalized spacial score (nSPS) is 18.0. The maximum atomic E-state index is 12.7. The van der Waals surface area contributed by atoms with E-state index in [1.165, 1.54) is 0 Å². The Hall–Kier alpha value is -2.44. The van der Waals surface area contributed by atoms with Crippen LogP contribution < -0.4 is 4.74 Å². The highest BCUT2D eigenvalue weighted by Crippen LogP contribution is 2.27. The summed E-state index contributed by atoms with van der Waals surface area (Å²) < 4.78 is 10.5. The Morgan fingerprint density at radius 3 is 3.00 bits per heavy atom. The summed E-state index contributed by atoms with van der Waals surface area (Å²) in [6.45, 7) is 5.32. The van der Waals surface area contributed by atoms with Gasteiger partial charge in [0.1, 0.15) is 11.4 Å². The van der Waals surface area contributed by atoms with Crippen LogP contribution in [-0.4, -0.2) is 46.1 Å². The van der Waals surface area contributed by atoms with E-state index in [0.717, 1.165) is 12.8 Å². The van der Waals surface area contributed by atoms with Gasteiger partial charge in [-0.2, -0.15) is 4.98 Å². The third-order valence-electron chi connectivity index (χ3n) is 4.21. The topological polar surface area (TPSA) is 81.4 Å². The van der Waals surface area contributed by atoms with Crippen LogP contribution in [0, 0.1) is 0 Å². The Balaban J connectivity index is 1.73. The number of ether oxygens (including phenoxy) is 1. The molecule has 2 aromatic rings. The van der Waals surface area contributed by atoms with E-state index >= 15 is 0 Å². The first-order valence-electron chi connectivity index (χ1n) is 8.21. The second-order valence-electron chi connectivity index (χ2n) is 6.32. The van der Waals surface area contributed by atoms with Crippen LogP contribution in [0.1, 0.15) is 60.7 Å². The lowest BCUT2D eigenvalue weighted by Crippen LogP contribution is -2.39. The molecule has 3 rings (SSSR count). The minimum atomic E-state index is -0.0915. The average Bonchev–Trinajstić information content (AvgIpc) is 3.12. The number of methoxy groups -OCH3 is 1. The van der Waals surface area contributed by atoms with Crippen molar-refractivity contribution in [1.29, 1.82) is 0 Å². The zero-order chi connectivity index (χ0) is 17.1. The molecule has 0 aliphatic carbocycles. The fraction of sp³-hybridized carbons (Fsp3) is 0.529. The highest BCUT2D eigenvalue weighted by atomic mass is 16.5. The summed E-state index contributed by atoms with van der Waals surface area (Å²) in [5.41, 5.74) is 0.394. The van der Waals surface area contributed by atoms with Crippen LogP contribution in [0.4, 0.5) is 0 Å². The number of hydrogen-bond acceptors (Lipinski definition) is 6. The van der Waals surface area contributed by atoms with Gasteiger partial charge in [-0.15, -0.1) is 0 Å². The highest BCUT2D eigenvalue weighted by molar-refractivity contribution is 5.92. The number of hydrogen-bond donors (Lipinski definition) is 0. The van der Waals surface area contributed by atoms with E-state index < -0.39 is 0 Å². The lowest BCUT2D eigenvalue weighted by atomic mass is 9.97. The van der Waals surface area contributed by atoms with Crippen molar-refractivity contribution in [2.45, 2.75) is 38.5 Å². The van der Waals surface area contributed by atoms with Crippen molar-refractivity contribution >= 4 is 5.91 Å². The maximum Gasteiger partial charge on any atom is 0.272 e. The van der Waals surface area contributed by atoms with Crippen molar-refractivity contribution in [2.75, 3.05) is 20.2 Å². The molecule has 1 atom stereocenters. The summed E-state index contributed by atoms with van der Waals surface area (Å²) in [5.74, 6) is 2.17. The van der Waals surface area contributed by atoms with Gasteiger partial charge in [-0.05, 0) is 18.9 Å². The van der Waals surface area contributed by atoms with Crippen LogP contribution in [0.5, 0.6) is 5.75 Å². The molecule has 0 aromatic carbocycles. The standard InChI is InChI=1S/C17H22N4O3/c1-11(2)16-19-15(20-24-16)12-5-4-8-21(10-12)17(22)14-9-13(23-3)6-7-18-14/h6-7,9,11-12H,4-5,8,10H2,1-3H3/t12-/m0/s1. The first-order valence-corrected chi connectivity index (χ1v) is 8.21. The smallest absolute Gasteiger partial charge is 0.272 e. The molecule has 1 amide bonds. The van der Waals surface area contributed by atoms with Crippen molar-refractivity contribution in [3.05, 3.63) is 35.7 Å². The quantitative estimate of drug-likeness (QED) is 0.857. The lowest BCUT2D eigenvalue weighted by molar-refractivity contribution is 0.0697. The molecule has 0 bridgehead atoms. The van der Waals surface area contributed by atoms with Gasteiger partial charge in [0.15, 0.2) is 5.82 Å². The number of piperidine rings is 1. The van der Waals surface area contributed by atoms with Gasteiger partial charge in [0.05, 0.1) is 7.11 Å². The first kappa shape index (κ1) is 16.4. The van der Waals surface area contributed by atoms with Crippen LogP contribution in [0.25, 0.3) is 0 Å². The molecule has 24 heavy (non-hydrogen) atoms. The van der Waals surface area contributed by atoms with E-state index in [0.29, 0.717) is 36.2 Å². The minimum absolute atomic E-state index is 0.0915. The summed E-state index contributed by atoms with van der Waals surface area (Å²) in [5, 5.41) is 4.10. The molecule has 7 nitrogen and oxygen atoms in total. The Morgan fingerprint density at radius 1 is 1.46 bits per heavy atom. The second kappa shape index (κ2) is 6.98. The summed E-state index contributed by atoms with van der Waals surface area (Å²) in [7, 11) is 1.57. The molecule has 1 aliphatic heterocycles. The molecule has 0 spiro atoms. The highest BCUT2D eigenvalue weighted by Gasteiger charge is 2.29. The SMILES string of the molecule is COc1ccnc(C(=O)N2CCC[C@H](c3noc(C(C)C)n3)C2)c1. The van der Waals surface area contributed by atoms with Crippen molar-refractivity contribution in [3.8, 4) is 5.75 Å². The number of rotatable bonds is 4. The number of nitrogens with zero attached hydrogens (tertiary/aromatic N) is 4. The van der Waals surface area contributed by atoms with Gasteiger partial charge in [0.2, 0.25) is 5.89 Å². The molecule has 1 saturated heterocycles. The molecular formula is C17H22N4O3. The summed E-state index contributed by atoms with van der Waals surface area (Å²) in [6, 6.07) is 3.39. The molecule has 0 radical (unpaired) electrons. The number of carbonyl (C=O) groups excluding carboxylic acids is 1. The van der Waals surface area contributed by atoms with Gasteiger partial charge < -0.3 is 14.2 Å². The first-order chi connectivity index (χ1) is 11.6. The molecule has 1 aliphatic rings. The molecule has 0 N–H and O–H groups in total. The number of carbonyl (C=O) groups is 1. The third kappa shape index (κ3) is 3.39. The van der Waals surface area contributed by atoms with Crippen molar-refractivity contribution in [3.63, 3.8) is 0 Å². The molecule has 2 aromatic heterocycles. The summed E-state index contributed by atoms with van der Waals surface area (Å²) in [6.07, 6.45) is 3.44. The Labute approximate surface area is 141 Å². The van der Waals surface area contributed by atoms with Gasteiger partial charge in [0.25, 0.3) is 5.91 Å². The zero-order valence-corrected chi connectivity index (χ0v) is 14.2. The predicted molar refractivity (Wildman–Crippen MR) is 87.1 cm³/mol. The Bertz CT molecular complexity index is 713. The largest absolute Gasteiger partial charge is 0.497 e. The Morgan fingerprint density at radius 2 is 2.29 bits per heavy atom. The summed E-state index contributed by atoms with van der Waals surface area (Å²) in [4.78, 5) is 23.2. The van der Waals surface area contributed by atoms with E-state index in [1.807, 2.05) is 13.8 Å². The number of pyridine rings is 1. The van der Waals surface area contributed by atoms with E-state index in [1.54, 1.807) is 30.3 Å². The predicted octanol–water partition coefficient (Wildman–Crippen LogP) is 2.62. The van der Waals surface area contributed by atoms with Crippen molar-refractivity contribution < 1.29 is 14.1 Å². The molecule has 128 valence electrons. The molecule has 0 unspecified atom stereocenters. The van der Waals surface area contributed by atoms with Gasteiger partial charge >= 0.3 is 0 Å². The minimum Gasteiger partial charge on any atom is -0.497 e. The molecule has 0 saturated carbocycles. The van der Waals surface area contributed by atoms with Crippen LogP contribution in [0.2, 0.25) is 0 Å². The second-order valence-corrected chi connectivity index (χ2v) is 6.32. The molecule has 7 heteroatoms. The fourth-order valence-electron chi connectivity index (χ4n) is 2.84. The van der Waals surface area contributed by atoms with Gasteiger partial charge in [0, 0.05) is 37.2 Å². The van der Waals surface area contributed by atoms with Crippen LogP contribution in [0.15, 0.2) is 22.9 Å². The molecular weight excluding hydrogens is 308 g/mol. The Kier molecular flexibility index (Phi) is 4.78. The average molecular weight is 330 g/mol. The lowest BCUT2D eigenvalue weighted by Gasteiger charge is -2.31. The van der Waals surface area contributed by atoms with Crippen LogP contribution in [0.3, 0.4) is 0 Å². The number of likely N-dealkylation sites (tertiary alicyclic amines) is 1. The van der Waals surface area contributed by atoms with Gasteiger partial charge in [-0.25, -0.2) is 0 Å². The molecule has 1 fully saturated rings. The summed E-state index contributed by atoms with van der Waals surface area (Å²) >= 11 is 0. The molecule has 3 heterocycles. The number of amides is 1. The number of aromatic nitrogens is 3. The monoisotopic (exact) mass is 330 g/mol. The zero-order valence-electron chi connectivity index (χ0n) is 14.2. The van der Waals surface area contributed by atoms with Gasteiger partial charge in [-0.3, -0.25) is 9.78 Å².